The maximum Gasteiger partial charge on any atom is 0.390 e. The van der Waals surface area contributed by atoms with Gasteiger partial charge in [-0.25, -0.2) is 4.39 Å². The highest BCUT2D eigenvalue weighted by Gasteiger charge is 2.27. The van der Waals surface area contributed by atoms with Crippen molar-refractivity contribution in [1.29, 1.82) is 0 Å². The van der Waals surface area contributed by atoms with E-state index in [-0.39, 0.29) is 30.9 Å². The second-order valence-electron chi connectivity index (χ2n) is 4.81. The number of halogens is 4. The van der Waals surface area contributed by atoms with E-state index in [1.807, 2.05) is 0 Å². The molecule has 20 heavy (non-hydrogen) atoms. The van der Waals surface area contributed by atoms with Crippen molar-refractivity contribution < 1.29 is 22.4 Å². The summed E-state index contributed by atoms with van der Waals surface area (Å²) in [5, 5.41) is 0. The maximum atomic E-state index is 13.3. The van der Waals surface area contributed by atoms with E-state index in [2.05, 4.69) is 0 Å². The molecule has 0 fully saturated rings. The number of rotatable bonds is 6. The summed E-state index contributed by atoms with van der Waals surface area (Å²) in [6, 6.07) is 4.19. The Kier molecular flexibility index (Phi) is 5.68. The monoisotopic (exact) mass is 291 g/mol. The Bertz CT molecular complexity index is 471. The van der Waals surface area contributed by atoms with Gasteiger partial charge in [0.1, 0.15) is 5.82 Å². The number of hydrogen-bond donors (Lipinski definition) is 0. The number of benzene rings is 1. The van der Waals surface area contributed by atoms with Crippen LogP contribution in [-0.4, -0.2) is 37.0 Å². The van der Waals surface area contributed by atoms with Crippen LogP contribution in [0.4, 0.5) is 17.6 Å². The number of aryl methyl sites for hydroxylation is 1. The number of alkyl halides is 3. The number of Topliss-reactive ketones (excluding diaryl/α,β-unsaturated/α-hetero) is 1. The molecule has 0 amide bonds. The predicted octanol–water partition coefficient (Wildman–Crippen LogP) is 3.59. The second kappa shape index (κ2) is 6.83. The highest BCUT2D eigenvalue weighted by molar-refractivity contribution is 5.96. The summed E-state index contributed by atoms with van der Waals surface area (Å²) in [6.07, 6.45) is -5.04. The largest absolute Gasteiger partial charge is 0.390 e. The smallest absolute Gasteiger partial charge is 0.306 e. The lowest BCUT2D eigenvalue weighted by Gasteiger charge is -2.17. The fourth-order valence-corrected chi connectivity index (χ4v) is 1.63. The van der Waals surface area contributed by atoms with E-state index >= 15 is 0 Å². The van der Waals surface area contributed by atoms with Crippen LogP contribution in [0.5, 0.6) is 0 Å². The first-order valence-corrected chi connectivity index (χ1v) is 6.23. The Balaban J connectivity index is 2.44. The molecule has 6 heteroatoms. The zero-order chi connectivity index (χ0) is 15.3. The van der Waals surface area contributed by atoms with Crippen LogP contribution in [0, 0.1) is 12.7 Å². The summed E-state index contributed by atoms with van der Waals surface area (Å²) in [4.78, 5) is 13.2. The van der Waals surface area contributed by atoms with Gasteiger partial charge in [-0.3, -0.25) is 4.79 Å². The molecule has 1 aromatic carbocycles. The Morgan fingerprint density at radius 3 is 2.45 bits per heavy atom. The van der Waals surface area contributed by atoms with Gasteiger partial charge in [-0.1, -0.05) is 12.1 Å². The lowest BCUT2D eigenvalue weighted by molar-refractivity contribution is -0.137. The van der Waals surface area contributed by atoms with Gasteiger partial charge in [-0.2, -0.15) is 13.2 Å². The van der Waals surface area contributed by atoms with Crippen molar-refractivity contribution in [3.8, 4) is 0 Å². The van der Waals surface area contributed by atoms with E-state index in [0.29, 0.717) is 5.56 Å². The first-order valence-electron chi connectivity index (χ1n) is 6.23. The molecule has 0 unspecified atom stereocenters. The molecule has 0 atom stereocenters. The van der Waals surface area contributed by atoms with Gasteiger partial charge >= 0.3 is 6.18 Å². The molecule has 0 N–H and O–H groups in total. The molecule has 0 spiro atoms. The van der Waals surface area contributed by atoms with Gasteiger partial charge in [0.15, 0.2) is 5.78 Å². The highest BCUT2D eigenvalue weighted by Crippen LogP contribution is 2.19. The Morgan fingerprint density at radius 2 is 1.90 bits per heavy atom. The third-order valence-corrected chi connectivity index (χ3v) is 2.99. The van der Waals surface area contributed by atoms with Crippen molar-refractivity contribution in [2.24, 2.45) is 0 Å². The van der Waals surface area contributed by atoms with Crippen LogP contribution < -0.4 is 0 Å². The van der Waals surface area contributed by atoms with Crippen LogP contribution in [0.2, 0.25) is 0 Å². The summed E-state index contributed by atoms with van der Waals surface area (Å²) in [7, 11) is 1.52. The SMILES string of the molecule is Cc1ccc(C(=O)CCN(C)CCC(F)(F)F)cc1F. The lowest BCUT2D eigenvalue weighted by atomic mass is 10.1. The summed E-state index contributed by atoms with van der Waals surface area (Å²) < 4.78 is 49.4. The Hall–Kier alpha value is -1.43. The molecule has 0 aliphatic carbocycles. The molecule has 0 aliphatic rings. The Morgan fingerprint density at radius 1 is 1.25 bits per heavy atom. The van der Waals surface area contributed by atoms with E-state index in [9.17, 15) is 22.4 Å². The minimum absolute atomic E-state index is 0.0663. The molecule has 0 saturated heterocycles. The van der Waals surface area contributed by atoms with E-state index in [4.69, 9.17) is 0 Å². The van der Waals surface area contributed by atoms with E-state index in [1.165, 1.54) is 24.1 Å². The normalized spacial score (nSPS) is 11.9. The zero-order valence-corrected chi connectivity index (χ0v) is 11.4. The molecule has 0 bridgehead atoms. The van der Waals surface area contributed by atoms with Gasteiger partial charge < -0.3 is 4.90 Å². The van der Waals surface area contributed by atoms with E-state index in [1.54, 1.807) is 6.92 Å². The lowest BCUT2D eigenvalue weighted by Crippen LogP contribution is -2.26. The summed E-state index contributed by atoms with van der Waals surface area (Å²) in [5.74, 6) is -0.732. The molecule has 0 aliphatic heterocycles. The standard InChI is InChI=1S/C14H17F4NO/c1-10-3-4-11(9-12(10)15)13(20)5-7-19(2)8-6-14(16,17)18/h3-4,9H,5-8H2,1-2H3. The predicted molar refractivity (Wildman–Crippen MR) is 68.3 cm³/mol. The van der Waals surface area contributed by atoms with Crippen LogP contribution in [0.15, 0.2) is 18.2 Å². The van der Waals surface area contributed by atoms with Crippen molar-refractivity contribution in [2.45, 2.75) is 25.9 Å². The van der Waals surface area contributed by atoms with Crippen LogP contribution in [-0.2, 0) is 0 Å². The number of nitrogens with zero attached hydrogens (tertiary/aromatic N) is 1. The topological polar surface area (TPSA) is 20.3 Å². The molecule has 0 saturated carbocycles. The molecular weight excluding hydrogens is 274 g/mol. The molecule has 1 rings (SSSR count). The van der Waals surface area contributed by atoms with Gasteiger partial charge in [0.05, 0.1) is 6.42 Å². The molecule has 0 radical (unpaired) electrons. The van der Waals surface area contributed by atoms with Crippen molar-refractivity contribution in [3.63, 3.8) is 0 Å². The zero-order valence-electron chi connectivity index (χ0n) is 11.4. The number of hydrogen-bond acceptors (Lipinski definition) is 2. The van der Waals surface area contributed by atoms with Gasteiger partial charge in [-0.05, 0) is 25.6 Å². The molecule has 0 aromatic heterocycles. The fraction of sp³-hybridized carbons (Fsp3) is 0.500. The van der Waals surface area contributed by atoms with Gasteiger partial charge in [0, 0.05) is 25.1 Å². The summed E-state index contributed by atoms with van der Waals surface area (Å²) >= 11 is 0. The quantitative estimate of drug-likeness (QED) is 0.589. The molecule has 0 heterocycles. The van der Waals surface area contributed by atoms with Crippen LogP contribution >= 0.6 is 0 Å². The third kappa shape index (κ3) is 5.69. The minimum atomic E-state index is -4.20. The van der Waals surface area contributed by atoms with Gasteiger partial charge in [0.2, 0.25) is 0 Å². The number of carbonyl (C=O) groups is 1. The third-order valence-electron chi connectivity index (χ3n) is 2.99. The first-order chi connectivity index (χ1) is 9.19. The van der Waals surface area contributed by atoms with Crippen LogP contribution in [0.1, 0.15) is 28.8 Å². The molecule has 112 valence electrons. The summed E-state index contributed by atoms with van der Waals surface area (Å²) in [5.41, 5.74) is 0.696. The molecule has 1 aromatic rings. The minimum Gasteiger partial charge on any atom is -0.306 e. The maximum absolute atomic E-state index is 13.3. The first kappa shape index (κ1) is 16.6. The molecular formula is C14H17F4NO. The van der Waals surface area contributed by atoms with Crippen molar-refractivity contribution >= 4 is 5.78 Å². The fourth-order valence-electron chi connectivity index (χ4n) is 1.63. The van der Waals surface area contributed by atoms with Crippen molar-refractivity contribution in [3.05, 3.63) is 35.1 Å². The van der Waals surface area contributed by atoms with Crippen LogP contribution in [0.3, 0.4) is 0 Å². The number of carbonyl (C=O) groups excluding carboxylic acids is 1. The van der Waals surface area contributed by atoms with Crippen molar-refractivity contribution in [2.75, 3.05) is 20.1 Å². The van der Waals surface area contributed by atoms with Gasteiger partial charge in [-0.15, -0.1) is 0 Å². The van der Waals surface area contributed by atoms with E-state index < -0.39 is 18.4 Å². The summed E-state index contributed by atoms with van der Waals surface area (Å²) in [6.45, 7) is 1.65. The highest BCUT2D eigenvalue weighted by atomic mass is 19.4. The van der Waals surface area contributed by atoms with Crippen molar-refractivity contribution in [1.82, 2.24) is 4.90 Å². The Labute approximate surface area is 115 Å². The number of ketones is 1. The van der Waals surface area contributed by atoms with Gasteiger partial charge in [0.25, 0.3) is 0 Å². The molecule has 2 nitrogen and oxygen atoms in total. The average Bonchev–Trinajstić information content (AvgIpc) is 2.36. The van der Waals surface area contributed by atoms with E-state index in [0.717, 1.165) is 6.07 Å². The second-order valence-corrected chi connectivity index (χ2v) is 4.81. The van der Waals surface area contributed by atoms with Crippen LogP contribution in [0.25, 0.3) is 0 Å². The average molecular weight is 291 g/mol.